The molecule has 8 nitrogen and oxygen atoms in total. The first kappa shape index (κ1) is 17.2. The van der Waals surface area contributed by atoms with E-state index in [2.05, 4.69) is 25.6 Å². The fraction of sp³-hybridized carbons (Fsp3) is 0.111. The Balaban J connectivity index is 1.74. The Morgan fingerprint density at radius 3 is 2.31 bits per heavy atom. The fourth-order valence-electron chi connectivity index (χ4n) is 2.33. The predicted molar refractivity (Wildman–Crippen MR) is 94.4 cm³/mol. The average Bonchev–Trinajstić information content (AvgIpc) is 3.08. The Kier molecular flexibility index (Phi) is 4.93. The molecule has 0 spiro atoms. The maximum atomic E-state index is 12.4. The standard InChI is InChI=1S/C18H16N4O4/c1-11-16(22-26-21-11)18(24)20-13-7-5-6-12(10-13)19-17(23)14-8-3-4-9-15(14)25-2/h3-10H,1-2H3,(H,19,23)(H,20,24). The zero-order valence-corrected chi connectivity index (χ0v) is 14.1. The lowest BCUT2D eigenvalue weighted by molar-refractivity contribution is 0.101. The number of anilines is 2. The van der Waals surface area contributed by atoms with Crippen LogP contribution in [0.3, 0.4) is 0 Å². The van der Waals surface area contributed by atoms with Gasteiger partial charge in [-0.2, -0.15) is 0 Å². The Bertz CT molecular complexity index is 952. The van der Waals surface area contributed by atoms with Crippen molar-refractivity contribution >= 4 is 23.2 Å². The smallest absolute Gasteiger partial charge is 0.279 e. The number of rotatable bonds is 5. The predicted octanol–water partition coefficient (Wildman–Crippen LogP) is 2.89. The molecule has 132 valence electrons. The van der Waals surface area contributed by atoms with Crippen molar-refractivity contribution in [2.24, 2.45) is 0 Å². The minimum atomic E-state index is -0.447. The van der Waals surface area contributed by atoms with Crippen LogP contribution in [0.25, 0.3) is 0 Å². The first-order valence-electron chi connectivity index (χ1n) is 7.73. The van der Waals surface area contributed by atoms with Crippen LogP contribution < -0.4 is 15.4 Å². The minimum absolute atomic E-state index is 0.105. The van der Waals surface area contributed by atoms with Crippen molar-refractivity contribution in [3.8, 4) is 5.75 Å². The van der Waals surface area contributed by atoms with Gasteiger partial charge in [0.05, 0.1) is 12.7 Å². The van der Waals surface area contributed by atoms with E-state index in [0.29, 0.717) is 28.4 Å². The summed E-state index contributed by atoms with van der Waals surface area (Å²) in [5, 5.41) is 12.6. The first-order chi connectivity index (χ1) is 12.6. The lowest BCUT2D eigenvalue weighted by Crippen LogP contribution is -2.15. The van der Waals surface area contributed by atoms with Crippen molar-refractivity contribution in [1.29, 1.82) is 0 Å². The molecule has 1 heterocycles. The zero-order chi connectivity index (χ0) is 18.5. The van der Waals surface area contributed by atoms with Crippen LogP contribution in [-0.2, 0) is 0 Å². The number of para-hydroxylation sites is 1. The number of benzene rings is 2. The van der Waals surface area contributed by atoms with E-state index in [1.807, 2.05) is 0 Å². The van der Waals surface area contributed by atoms with Crippen LogP contribution in [0.5, 0.6) is 5.75 Å². The summed E-state index contributed by atoms with van der Waals surface area (Å²) in [5.74, 6) is -0.289. The summed E-state index contributed by atoms with van der Waals surface area (Å²) in [7, 11) is 1.50. The number of aryl methyl sites for hydroxylation is 1. The van der Waals surface area contributed by atoms with Crippen LogP contribution in [0.15, 0.2) is 53.2 Å². The molecule has 0 aliphatic heterocycles. The van der Waals surface area contributed by atoms with Gasteiger partial charge in [-0.1, -0.05) is 23.4 Å². The van der Waals surface area contributed by atoms with Gasteiger partial charge in [0, 0.05) is 11.4 Å². The van der Waals surface area contributed by atoms with Crippen molar-refractivity contribution in [2.45, 2.75) is 6.92 Å². The maximum Gasteiger partial charge on any atom is 0.279 e. The van der Waals surface area contributed by atoms with E-state index in [4.69, 9.17) is 4.74 Å². The highest BCUT2D eigenvalue weighted by atomic mass is 16.6. The van der Waals surface area contributed by atoms with Gasteiger partial charge in [0.2, 0.25) is 0 Å². The lowest BCUT2D eigenvalue weighted by Gasteiger charge is -2.10. The Hall–Kier alpha value is -3.68. The number of methoxy groups -OCH3 is 1. The molecule has 0 atom stereocenters. The van der Waals surface area contributed by atoms with Gasteiger partial charge in [0.25, 0.3) is 11.8 Å². The molecule has 0 bridgehead atoms. The van der Waals surface area contributed by atoms with Crippen molar-refractivity contribution < 1.29 is 19.0 Å². The van der Waals surface area contributed by atoms with E-state index in [9.17, 15) is 9.59 Å². The second-order valence-corrected chi connectivity index (χ2v) is 5.39. The number of carbonyl (C=O) groups excluding carboxylic acids is 2. The molecule has 0 saturated heterocycles. The van der Waals surface area contributed by atoms with Crippen LogP contribution in [0.2, 0.25) is 0 Å². The molecule has 1 aromatic heterocycles. The highest BCUT2D eigenvalue weighted by molar-refractivity contribution is 6.07. The topological polar surface area (TPSA) is 106 Å². The summed E-state index contributed by atoms with van der Waals surface area (Å²) in [5.41, 5.74) is 1.93. The molecule has 0 unspecified atom stereocenters. The summed E-state index contributed by atoms with van der Waals surface area (Å²) in [6.45, 7) is 1.62. The molecule has 0 saturated carbocycles. The third-order valence-electron chi connectivity index (χ3n) is 3.60. The van der Waals surface area contributed by atoms with E-state index in [-0.39, 0.29) is 11.6 Å². The Morgan fingerprint density at radius 1 is 0.962 bits per heavy atom. The summed E-state index contributed by atoms with van der Waals surface area (Å²) in [4.78, 5) is 24.6. The van der Waals surface area contributed by atoms with E-state index < -0.39 is 5.91 Å². The molecule has 0 aliphatic rings. The van der Waals surface area contributed by atoms with Gasteiger partial charge in [0.1, 0.15) is 11.4 Å². The van der Waals surface area contributed by atoms with E-state index in [1.54, 1.807) is 55.5 Å². The number of hydrogen-bond donors (Lipinski definition) is 2. The average molecular weight is 352 g/mol. The van der Waals surface area contributed by atoms with E-state index >= 15 is 0 Å². The number of nitrogens with zero attached hydrogens (tertiary/aromatic N) is 2. The second-order valence-electron chi connectivity index (χ2n) is 5.39. The van der Waals surface area contributed by atoms with Crippen molar-refractivity contribution in [3.63, 3.8) is 0 Å². The number of hydrogen-bond acceptors (Lipinski definition) is 6. The van der Waals surface area contributed by atoms with Crippen LogP contribution >= 0.6 is 0 Å². The Morgan fingerprint density at radius 2 is 1.65 bits per heavy atom. The van der Waals surface area contributed by atoms with Crippen LogP contribution in [0.4, 0.5) is 11.4 Å². The van der Waals surface area contributed by atoms with Gasteiger partial charge < -0.3 is 15.4 Å². The lowest BCUT2D eigenvalue weighted by atomic mass is 10.2. The Labute approximate surface area is 149 Å². The minimum Gasteiger partial charge on any atom is -0.496 e. The van der Waals surface area contributed by atoms with Gasteiger partial charge in [-0.15, -0.1) is 0 Å². The maximum absolute atomic E-state index is 12.4. The molecular formula is C18H16N4O4. The van der Waals surface area contributed by atoms with Crippen LogP contribution in [-0.4, -0.2) is 29.2 Å². The third kappa shape index (κ3) is 3.69. The molecule has 2 aromatic carbocycles. The van der Waals surface area contributed by atoms with Crippen molar-refractivity contribution in [3.05, 3.63) is 65.5 Å². The largest absolute Gasteiger partial charge is 0.496 e. The summed E-state index contributed by atoms with van der Waals surface area (Å²) >= 11 is 0. The third-order valence-corrected chi connectivity index (χ3v) is 3.60. The normalized spacial score (nSPS) is 10.2. The van der Waals surface area contributed by atoms with Gasteiger partial charge in [0.15, 0.2) is 5.69 Å². The van der Waals surface area contributed by atoms with Gasteiger partial charge >= 0.3 is 0 Å². The highest BCUT2D eigenvalue weighted by Gasteiger charge is 2.16. The highest BCUT2D eigenvalue weighted by Crippen LogP contribution is 2.21. The summed E-state index contributed by atoms with van der Waals surface area (Å²) in [6, 6.07) is 13.7. The fourth-order valence-corrected chi connectivity index (χ4v) is 2.33. The molecule has 0 radical (unpaired) electrons. The summed E-state index contributed by atoms with van der Waals surface area (Å²) < 4.78 is 9.72. The molecule has 8 heteroatoms. The number of ether oxygens (including phenoxy) is 1. The van der Waals surface area contributed by atoms with Gasteiger partial charge in [-0.05, 0) is 42.4 Å². The van der Waals surface area contributed by atoms with Gasteiger partial charge in [-0.25, -0.2) is 4.63 Å². The zero-order valence-electron chi connectivity index (χ0n) is 14.1. The summed E-state index contributed by atoms with van der Waals surface area (Å²) in [6.07, 6.45) is 0. The monoisotopic (exact) mass is 352 g/mol. The number of carbonyl (C=O) groups is 2. The SMILES string of the molecule is COc1ccccc1C(=O)Nc1cccc(NC(=O)c2nonc2C)c1. The van der Waals surface area contributed by atoms with Crippen molar-refractivity contribution in [1.82, 2.24) is 10.3 Å². The molecule has 3 aromatic rings. The van der Waals surface area contributed by atoms with E-state index in [1.165, 1.54) is 7.11 Å². The molecule has 0 aliphatic carbocycles. The molecular weight excluding hydrogens is 336 g/mol. The number of aromatic nitrogens is 2. The molecule has 0 fully saturated rings. The number of nitrogens with one attached hydrogen (secondary N) is 2. The molecule has 3 rings (SSSR count). The first-order valence-corrected chi connectivity index (χ1v) is 7.73. The van der Waals surface area contributed by atoms with Crippen molar-refractivity contribution in [2.75, 3.05) is 17.7 Å². The van der Waals surface area contributed by atoms with E-state index in [0.717, 1.165) is 0 Å². The van der Waals surface area contributed by atoms with Crippen LogP contribution in [0, 0.1) is 6.92 Å². The van der Waals surface area contributed by atoms with Gasteiger partial charge in [-0.3, -0.25) is 9.59 Å². The molecule has 2 amide bonds. The van der Waals surface area contributed by atoms with Crippen LogP contribution in [0.1, 0.15) is 26.5 Å². The molecule has 26 heavy (non-hydrogen) atoms. The molecule has 2 N–H and O–H groups in total. The quantitative estimate of drug-likeness (QED) is 0.731. The second kappa shape index (κ2) is 7.47. The number of amides is 2.